The summed E-state index contributed by atoms with van der Waals surface area (Å²) in [4.78, 5) is 0. The number of nitrogens with zero attached hydrogens (tertiary/aromatic N) is 2. The van der Waals surface area contributed by atoms with Crippen molar-refractivity contribution < 1.29 is 5.11 Å². The molecule has 1 aromatic heterocycles. The Morgan fingerprint density at radius 3 is 2.44 bits per heavy atom. The highest BCUT2D eigenvalue weighted by molar-refractivity contribution is 5.77. The van der Waals surface area contributed by atoms with E-state index in [1.807, 2.05) is 26.0 Å². The molecule has 0 saturated heterocycles. The third-order valence-electron chi connectivity index (χ3n) is 2.99. The normalized spacial score (nSPS) is 10.6. The van der Waals surface area contributed by atoms with Crippen molar-refractivity contribution in [3.63, 3.8) is 0 Å². The van der Waals surface area contributed by atoms with E-state index in [9.17, 15) is 5.11 Å². The first-order valence-electron chi connectivity index (χ1n) is 5.66. The van der Waals surface area contributed by atoms with E-state index >= 15 is 0 Å². The number of aromatic hydroxyl groups is 1. The van der Waals surface area contributed by atoms with Crippen molar-refractivity contribution in [2.45, 2.75) is 20.3 Å². The lowest BCUT2D eigenvalue weighted by atomic mass is 10.0. The molecule has 0 spiro atoms. The summed E-state index contributed by atoms with van der Waals surface area (Å²) < 4.78 is 1.44. The Balaban J connectivity index is 2.34. The second-order valence-electron chi connectivity index (χ2n) is 4.29. The van der Waals surface area contributed by atoms with Crippen molar-refractivity contribution >= 4 is 5.96 Å². The molecule has 1 heterocycles. The molecule has 4 N–H and O–H groups in total. The molecule has 0 aliphatic heterocycles. The number of phenolic OH excluding ortho intramolecular Hbond substituents is 1. The fourth-order valence-corrected chi connectivity index (χ4v) is 1.98. The van der Waals surface area contributed by atoms with Gasteiger partial charge in [0.15, 0.2) is 0 Å². The lowest BCUT2D eigenvalue weighted by Gasteiger charge is -2.04. The molecule has 0 aliphatic rings. The predicted molar refractivity (Wildman–Crippen MR) is 69.9 cm³/mol. The number of rotatable bonds is 2. The average molecular weight is 244 g/mol. The monoisotopic (exact) mass is 244 g/mol. The first-order chi connectivity index (χ1) is 8.49. The Kier molecular flexibility index (Phi) is 3.06. The van der Waals surface area contributed by atoms with Crippen molar-refractivity contribution in [1.29, 1.82) is 5.41 Å². The van der Waals surface area contributed by atoms with Gasteiger partial charge in [-0.3, -0.25) is 5.41 Å². The quantitative estimate of drug-likeness (QED) is 0.553. The van der Waals surface area contributed by atoms with Crippen molar-refractivity contribution in [2.24, 2.45) is 5.73 Å². The lowest BCUT2D eigenvalue weighted by Crippen LogP contribution is -2.23. The largest absolute Gasteiger partial charge is 0.508 e. The summed E-state index contributed by atoms with van der Waals surface area (Å²) in [5.41, 5.74) is 9.37. The van der Waals surface area contributed by atoms with Crippen LogP contribution < -0.4 is 5.73 Å². The van der Waals surface area contributed by atoms with Gasteiger partial charge in [-0.05, 0) is 31.5 Å². The average Bonchev–Trinajstić information content (AvgIpc) is 2.60. The van der Waals surface area contributed by atoms with Gasteiger partial charge in [0.2, 0.25) is 5.96 Å². The molecule has 2 aromatic rings. The number of aryl methyl sites for hydroxylation is 1. The minimum absolute atomic E-state index is 0.0763. The molecule has 0 aliphatic carbocycles. The lowest BCUT2D eigenvalue weighted by molar-refractivity contribution is 0.475. The maximum atomic E-state index is 9.25. The number of phenols is 1. The zero-order valence-electron chi connectivity index (χ0n) is 10.4. The van der Waals surface area contributed by atoms with Gasteiger partial charge in [0.05, 0.1) is 5.69 Å². The van der Waals surface area contributed by atoms with Crippen LogP contribution in [0.1, 0.15) is 22.5 Å². The van der Waals surface area contributed by atoms with Crippen molar-refractivity contribution in [2.75, 3.05) is 0 Å². The number of hydrogen-bond donors (Lipinski definition) is 3. The van der Waals surface area contributed by atoms with Crippen LogP contribution in [0.4, 0.5) is 0 Å². The van der Waals surface area contributed by atoms with Gasteiger partial charge in [-0.15, -0.1) is 0 Å². The van der Waals surface area contributed by atoms with Crippen LogP contribution in [0.25, 0.3) is 0 Å². The number of nitrogen functional groups attached to an aromatic ring is 1. The summed E-state index contributed by atoms with van der Waals surface area (Å²) in [5.74, 6) is 0.180. The second kappa shape index (κ2) is 4.52. The molecule has 18 heavy (non-hydrogen) atoms. The number of benzene rings is 1. The van der Waals surface area contributed by atoms with Crippen LogP contribution in [0.2, 0.25) is 0 Å². The van der Waals surface area contributed by atoms with Gasteiger partial charge in [-0.25, -0.2) is 4.68 Å². The highest BCUT2D eigenvalue weighted by atomic mass is 16.3. The first-order valence-corrected chi connectivity index (χ1v) is 5.66. The fraction of sp³-hybridized carbons (Fsp3) is 0.231. The molecule has 0 radical (unpaired) electrons. The molecule has 0 atom stereocenters. The molecule has 0 saturated carbocycles. The van der Waals surface area contributed by atoms with E-state index in [0.717, 1.165) is 22.5 Å². The summed E-state index contributed by atoms with van der Waals surface area (Å²) in [7, 11) is 0. The number of nitrogens with one attached hydrogen (secondary N) is 1. The summed E-state index contributed by atoms with van der Waals surface area (Å²) in [5, 5.41) is 20.9. The minimum Gasteiger partial charge on any atom is -0.508 e. The Bertz CT molecular complexity index is 584. The molecule has 1 aromatic carbocycles. The predicted octanol–water partition coefficient (Wildman–Crippen LogP) is 1.54. The summed E-state index contributed by atoms with van der Waals surface area (Å²) >= 11 is 0. The van der Waals surface area contributed by atoms with Gasteiger partial charge in [0, 0.05) is 17.7 Å². The molecule has 0 bridgehead atoms. The van der Waals surface area contributed by atoms with Crippen molar-refractivity contribution in [3.05, 3.63) is 46.8 Å². The molecule has 0 amide bonds. The Morgan fingerprint density at radius 1 is 1.33 bits per heavy atom. The van der Waals surface area contributed by atoms with E-state index in [1.165, 1.54) is 4.68 Å². The maximum absolute atomic E-state index is 9.25. The van der Waals surface area contributed by atoms with Gasteiger partial charge in [0.1, 0.15) is 5.75 Å². The van der Waals surface area contributed by atoms with Crippen molar-refractivity contribution in [1.82, 2.24) is 9.78 Å². The highest BCUT2D eigenvalue weighted by Gasteiger charge is 2.13. The smallest absolute Gasteiger partial charge is 0.213 e. The summed E-state index contributed by atoms with van der Waals surface area (Å²) in [6.07, 6.45) is 0.714. The van der Waals surface area contributed by atoms with Crippen LogP contribution in [0.5, 0.6) is 5.75 Å². The molecule has 5 heteroatoms. The van der Waals surface area contributed by atoms with E-state index in [4.69, 9.17) is 11.1 Å². The Hall–Kier alpha value is -2.30. The molecular weight excluding hydrogens is 228 g/mol. The topological polar surface area (TPSA) is 87.9 Å². The van der Waals surface area contributed by atoms with Crippen LogP contribution >= 0.6 is 0 Å². The van der Waals surface area contributed by atoms with Gasteiger partial charge >= 0.3 is 0 Å². The van der Waals surface area contributed by atoms with E-state index in [2.05, 4.69) is 5.10 Å². The first kappa shape index (κ1) is 12.2. The molecule has 94 valence electrons. The molecule has 5 nitrogen and oxygen atoms in total. The van der Waals surface area contributed by atoms with Crippen LogP contribution in [-0.4, -0.2) is 20.8 Å². The minimum atomic E-state index is -0.0763. The third kappa shape index (κ3) is 2.20. The SMILES string of the molecule is Cc1nn(C(=N)N)c(C)c1Cc1ccc(O)cc1. The number of nitrogens with two attached hydrogens (primary N) is 1. The maximum Gasteiger partial charge on any atom is 0.213 e. The Labute approximate surface area is 105 Å². The van der Waals surface area contributed by atoms with E-state index in [1.54, 1.807) is 12.1 Å². The van der Waals surface area contributed by atoms with Gasteiger partial charge in [-0.2, -0.15) is 5.10 Å². The Morgan fingerprint density at radius 2 is 1.94 bits per heavy atom. The van der Waals surface area contributed by atoms with Crippen LogP contribution in [0.15, 0.2) is 24.3 Å². The molecule has 0 unspecified atom stereocenters. The number of aromatic nitrogens is 2. The van der Waals surface area contributed by atoms with E-state index in [-0.39, 0.29) is 11.7 Å². The second-order valence-corrected chi connectivity index (χ2v) is 4.29. The third-order valence-corrected chi connectivity index (χ3v) is 2.99. The molecule has 0 fully saturated rings. The highest BCUT2D eigenvalue weighted by Crippen LogP contribution is 2.19. The fourth-order valence-electron chi connectivity index (χ4n) is 1.98. The van der Waals surface area contributed by atoms with Gasteiger partial charge in [0.25, 0.3) is 0 Å². The molecule has 2 rings (SSSR count). The van der Waals surface area contributed by atoms with Crippen molar-refractivity contribution in [3.8, 4) is 5.75 Å². The van der Waals surface area contributed by atoms with Gasteiger partial charge < -0.3 is 10.8 Å². The molecular formula is C13H16N4O. The van der Waals surface area contributed by atoms with Crippen LogP contribution in [0, 0.1) is 19.3 Å². The van der Waals surface area contributed by atoms with E-state index < -0.39 is 0 Å². The van der Waals surface area contributed by atoms with E-state index in [0.29, 0.717) is 6.42 Å². The summed E-state index contributed by atoms with van der Waals surface area (Å²) in [6.45, 7) is 3.80. The number of hydrogen-bond acceptors (Lipinski definition) is 3. The van der Waals surface area contributed by atoms with Crippen LogP contribution in [0.3, 0.4) is 0 Å². The summed E-state index contributed by atoms with van der Waals surface area (Å²) in [6, 6.07) is 7.07. The zero-order valence-corrected chi connectivity index (χ0v) is 10.4. The van der Waals surface area contributed by atoms with Crippen LogP contribution in [-0.2, 0) is 6.42 Å². The zero-order chi connectivity index (χ0) is 13.3. The standard InChI is InChI=1S/C13H16N4O/c1-8-12(9(2)17(16-8)13(14)15)7-10-3-5-11(18)6-4-10/h3-6,18H,7H2,1-2H3,(H3,14,15). The van der Waals surface area contributed by atoms with Gasteiger partial charge in [-0.1, -0.05) is 12.1 Å².